The molecule has 0 aliphatic heterocycles. The van der Waals surface area contributed by atoms with Crippen LogP contribution < -0.4 is 14.5 Å². The fraction of sp³-hybridized carbons (Fsp3) is 0.0690. The van der Waals surface area contributed by atoms with E-state index in [1.807, 2.05) is 6.07 Å². The Balaban J connectivity index is 1.65. The van der Waals surface area contributed by atoms with E-state index in [9.17, 15) is 14.4 Å². The molecule has 0 spiro atoms. The van der Waals surface area contributed by atoms with Gasteiger partial charge >= 0.3 is 5.97 Å². The molecule has 36 heavy (non-hydrogen) atoms. The molecule has 180 valence electrons. The molecule has 0 radical (unpaired) electrons. The number of hydrogen-bond acceptors (Lipinski definition) is 6. The van der Waals surface area contributed by atoms with Crippen LogP contribution in [-0.4, -0.2) is 31.9 Å². The second-order valence-electron chi connectivity index (χ2n) is 7.66. The molecule has 0 bridgehead atoms. The van der Waals surface area contributed by atoms with Crippen LogP contribution in [0.15, 0.2) is 103 Å². The summed E-state index contributed by atoms with van der Waals surface area (Å²) >= 11 is 0. The summed E-state index contributed by atoms with van der Waals surface area (Å²) in [6.45, 7) is 0. The monoisotopic (exact) mass is 481 g/mol. The van der Waals surface area contributed by atoms with Crippen molar-refractivity contribution in [3.63, 3.8) is 0 Å². The molecule has 0 aliphatic carbocycles. The smallest absolute Gasteiger partial charge is 0.363 e. The van der Waals surface area contributed by atoms with Crippen molar-refractivity contribution in [1.82, 2.24) is 0 Å². The molecule has 7 heteroatoms. The molecule has 0 saturated heterocycles. The van der Waals surface area contributed by atoms with Gasteiger partial charge in [0.15, 0.2) is 17.3 Å². The van der Waals surface area contributed by atoms with Crippen molar-refractivity contribution in [2.45, 2.75) is 0 Å². The van der Waals surface area contributed by atoms with Crippen LogP contribution in [0.2, 0.25) is 0 Å². The lowest BCUT2D eigenvalue weighted by Crippen LogP contribution is -2.33. The molecule has 4 aromatic carbocycles. The minimum atomic E-state index is -0.773. The van der Waals surface area contributed by atoms with E-state index in [0.717, 1.165) is 5.06 Å². The Morgan fingerprint density at radius 3 is 1.69 bits per heavy atom. The van der Waals surface area contributed by atoms with Crippen LogP contribution in [-0.2, 0) is 4.84 Å². The van der Waals surface area contributed by atoms with Gasteiger partial charge in [-0.3, -0.25) is 9.59 Å². The highest BCUT2D eigenvalue weighted by Crippen LogP contribution is 2.28. The average molecular weight is 482 g/mol. The number of hydroxylamine groups is 1. The first-order chi connectivity index (χ1) is 17.5. The molecule has 0 heterocycles. The summed E-state index contributed by atoms with van der Waals surface area (Å²) in [5.74, 6) is -0.691. The highest BCUT2D eigenvalue weighted by Gasteiger charge is 2.24. The standard InChI is InChI=1S/C29H23NO6/c1-34-25-18-15-23(19-26(25)35-2)29(33)36-30(28(32)22-11-7-4-8-12-22)24-16-13-21(14-17-24)27(31)20-9-5-3-6-10-20/h3-19H,1-2H3. The molecule has 4 rings (SSSR count). The fourth-order valence-electron chi connectivity index (χ4n) is 3.51. The number of anilines is 1. The van der Waals surface area contributed by atoms with Gasteiger partial charge in [-0.25, -0.2) is 4.79 Å². The van der Waals surface area contributed by atoms with E-state index >= 15 is 0 Å². The Kier molecular flexibility index (Phi) is 7.41. The van der Waals surface area contributed by atoms with Crippen LogP contribution >= 0.6 is 0 Å². The zero-order chi connectivity index (χ0) is 25.5. The van der Waals surface area contributed by atoms with Gasteiger partial charge in [-0.1, -0.05) is 48.5 Å². The normalized spacial score (nSPS) is 10.3. The van der Waals surface area contributed by atoms with E-state index in [1.165, 1.54) is 26.4 Å². The quantitative estimate of drug-likeness (QED) is 0.261. The Bertz CT molecular complexity index is 1370. The van der Waals surface area contributed by atoms with Gasteiger partial charge in [0.1, 0.15) is 0 Å². The van der Waals surface area contributed by atoms with Gasteiger partial charge in [0.2, 0.25) is 0 Å². The van der Waals surface area contributed by atoms with Crippen LogP contribution in [0, 0.1) is 0 Å². The van der Waals surface area contributed by atoms with Gasteiger partial charge in [-0.05, 0) is 54.6 Å². The third-order valence-electron chi connectivity index (χ3n) is 5.40. The maximum absolute atomic E-state index is 13.3. The lowest BCUT2D eigenvalue weighted by molar-refractivity contribution is 0.0409. The Labute approximate surface area is 208 Å². The maximum atomic E-state index is 13.3. The number of nitrogens with zero attached hydrogens (tertiary/aromatic N) is 1. The van der Waals surface area contributed by atoms with E-state index in [0.29, 0.717) is 28.2 Å². The van der Waals surface area contributed by atoms with E-state index in [1.54, 1.807) is 84.9 Å². The van der Waals surface area contributed by atoms with Crippen molar-refractivity contribution >= 4 is 23.3 Å². The zero-order valence-corrected chi connectivity index (χ0v) is 19.7. The third-order valence-corrected chi connectivity index (χ3v) is 5.40. The highest BCUT2D eigenvalue weighted by atomic mass is 16.7. The summed E-state index contributed by atoms with van der Waals surface area (Å²) in [5.41, 5.74) is 1.74. The zero-order valence-electron chi connectivity index (χ0n) is 19.7. The van der Waals surface area contributed by atoms with Crippen LogP contribution in [0.1, 0.15) is 36.6 Å². The van der Waals surface area contributed by atoms with Crippen molar-refractivity contribution in [3.8, 4) is 11.5 Å². The number of ketones is 1. The first-order valence-corrected chi connectivity index (χ1v) is 11.1. The van der Waals surface area contributed by atoms with Gasteiger partial charge < -0.3 is 14.3 Å². The average Bonchev–Trinajstić information content (AvgIpc) is 2.95. The molecule has 0 saturated carbocycles. The summed E-state index contributed by atoms with van der Waals surface area (Å²) in [4.78, 5) is 44.7. The Hall–Kier alpha value is -4.91. The molecule has 0 N–H and O–H groups in total. The van der Waals surface area contributed by atoms with Crippen molar-refractivity contribution in [2.24, 2.45) is 0 Å². The number of benzene rings is 4. The van der Waals surface area contributed by atoms with E-state index < -0.39 is 11.9 Å². The summed E-state index contributed by atoms with van der Waals surface area (Å²) in [6, 6.07) is 28.1. The number of methoxy groups -OCH3 is 2. The summed E-state index contributed by atoms with van der Waals surface area (Å²) in [6.07, 6.45) is 0. The number of ether oxygens (including phenoxy) is 2. The second kappa shape index (κ2) is 11.0. The van der Waals surface area contributed by atoms with Gasteiger partial charge in [0.05, 0.1) is 25.5 Å². The summed E-state index contributed by atoms with van der Waals surface area (Å²) in [7, 11) is 2.94. The van der Waals surface area contributed by atoms with E-state index in [2.05, 4.69) is 0 Å². The Morgan fingerprint density at radius 2 is 1.11 bits per heavy atom. The van der Waals surface area contributed by atoms with E-state index in [-0.39, 0.29) is 17.0 Å². The van der Waals surface area contributed by atoms with Crippen molar-refractivity contribution in [3.05, 3.63) is 125 Å². The third kappa shape index (κ3) is 5.26. The van der Waals surface area contributed by atoms with Gasteiger partial charge in [0, 0.05) is 16.7 Å². The molecule has 0 fully saturated rings. The van der Waals surface area contributed by atoms with Crippen molar-refractivity contribution in [2.75, 3.05) is 19.3 Å². The number of amides is 1. The largest absolute Gasteiger partial charge is 0.493 e. The number of carbonyl (C=O) groups is 3. The summed E-state index contributed by atoms with van der Waals surface area (Å²) < 4.78 is 10.5. The number of carbonyl (C=O) groups excluding carboxylic acids is 3. The molecule has 1 amide bonds. The van der Waals surface area contributed by atoms with Crippen LogP contribution in [0.25, 0.3) is 0 Å². The molecule has 0 aliphatic rings. The SMILES string of the molecule is COc1ccc(C(=O)ON(C(=O)c2ccccc2)c2ccc(C(=O)c3ccccc3)cc2)cc1OC. The number of hydrogen-bond donors (Lipinski definition) is 0. The minimum Gasteiger partial charge on any atom is -0.493 e. The first kappa shape index (κ1) is 24.2. The maximum Gasteiger partial charge on any atom is 0.363 e. The molecular formula is C29H23NO6. The predicted molar refractivity (Wildman–Crippen MR) is 135 cm³/mol. The lowest BCUT2D eigenvalue weighted by atomic mass is 10.0. The van der Waals surface area contributed by atoms with Crippen LogP contribution in [0.3, 0.4) is 0 Å². The molecule has 0 aromatic heterocycles. The first-order valence-electron chi connectivity index (χ1n) is 11.1. The minimum absolute atomic E-state index is 0.161. The second-order valence-corrected chi connectivity index (χ2v) is 7.66. The molecular weight excluding hydrogens is 458 g/mol. The van der Waals surface area contributed by atoms with Gasteiger partial charge in [0.25, 0.3) is 5.91 Å². The van der Waals surface area contributed by atoms with Crippen molar-refractivity contribution in [1.29, 1.82) is 0 Å². The molecule has 4 aromatic rings. The number of rotatable bonds is 7. The van der Waals surface area contributed by atoms with Crippen LogP contribution in [0.4, 0.5) is 5.69 Å². The topological polar surface area (TPSA) is 82.1 Å². The van der Waals surface area contributed by atoms with Crippen molar-refractivity contribution < 1.29 is 28.7 Å². The van der Waals surface area contributed by atoms with Crippen LogP contribution in [0.5, 0.6) is 11.5 Å². The van der Waals surface area contributed by atoms with E-state index in [4.69, 9.17) is 14.3 Å². The predicted octanol–water partition coefficient (Wildman–Crippen LogP) is 5.35. The van der Waals surface area contributed by atoms with Gasteiger partial charge in [-0.15, -0.1) is 5.06 Å². The molecule has 0 unspecified atom stereocenters. The summed E-state index contributed by atoms with van der Waals surface area (Å²) in [5, 5.41) is 0.908. The Morgan fingerprint density at radius 1 is 0.583 bits per heavy atom. The fourth-order valence-corrected chi connectivity index (χ4v) is 3.51. The molecule has 7 nitrogen and oxygen atoms in total. The van der Waals surface area contributed by atoms with Gasteiger partial charge in [-0.2, -0.15) is 0 Å². The highest BCUT2D eigenvalue weighted by molar-refractivity contribution is 6.10. The molecule has 0 atom stereocenters. The lowest BCUT2D eigenvalue weighted by Gasteiger charge is -2.22.